The van der Waals surface area contributed by atoms with Crippen LogP contribution in [0.15, 0.2) is 47.4 Å². The van der Waals surface area contributed by atoms with Gasteiger partial charge >= 0.3 is 5.97 Å². The lowest BCUT2D eigenvalue weighted by atomic mass is 10.1. The monoisotopic (exact) mass is 474 g/mol. The Balaban J connectivity index is 2.05. The minimum Gasteiger partial charge on any atom is -0.454 e. The summed E-state index contributed by atoms with van der Waals surface area (Å²) >= 11 is 0. The van der Waals surface area contributed by atoms with E-state index in [-0.39, 0.29) is 21.8 Å². The number of aryl methyl sites for hydroxylation is 1. The second-order valence-electron chi connectivity index (χ2n) is 7.41. The number of anilines is 1. The Morgan fingerprint density at radius 2 is 1.82 bits per heavy atom. The van der Waals surface area contributed by atoms with Crippen LogP contribution in [0.25, 0.3) is 0 Å². The Labute approximate surface area is 190 Å². The zero-order chi connectivity index (χ0) is 24.8. The molecule has 0 saturated heterocycles. The molecular formula is C21H22N4O7S. The average Bonchev–Trinajstić information content (AvgIpc) is 2.76. The maximum Gasteiger partial charge on any atom is 0.324 e. The number of nitrogens with one attached hydrogen (secondary N) is 2. The molecule has 12 heteroatoms. The highest BCUT2D eigenvalue weighted by atomic mass is 32.2. The average molecular weight is 474 g/mol. The number of sulfonamides is 1. The minimum absolute atomic E-state index is 0.00429. The zero-order valence-electron chi connectivity index (χ0n) is 18.1. The Kier molecular flexibility index (Phi) is 8.22. The number of non-ortho nitro benzene ring substituents is 1. The molecule has 2 aromatic carbocycles. The fourth-order valence-corrected chi connectivity index (χ4v) is 4.00. The molecular weight excluding hydrogens is 452 g/mol. The summed E-state index contributed by atoms with van der Waals surface area (Å²) < 4.78 is 32.5. The molecule has 174 valence electrons. The molecule has 0 aromatic heterocycles. The molecule has 0 aliphatic heterocycles. The van der Waals surface area contributed by atoms with Gasteiger partial charge in [-0.25, -0.2) is 8.42 Å². The van der Waals surface area contributed by atoms with Crippen LogP contribution in [0.3, 0.4) is 0 Å². The number of nitro benzene ring substituents is 1. The normalized spacial score (nSPS) is 12.0. The van der Waals surface area contributed by atoms with Crippen molar-refractivity contribution in [2.24, 2.45) is 5.92 Å². The number of nitriles is 1. The van der Waals surface area contributed by atoms with Gasteiger partial charge in [0.1, 0.15) is 12.1 Å². The molecule has 11 nitrogen and oxygen atoms in total. The lowest BCUT2D eigenvalue weighted by molar-refractivity contribution is -0.384. The van der Waals surface area contributed by atoms with Gasteiger partial charge in [0.15, 0.2) is 6.61 Å². The van der Waals surface area contributed by atoms with Crippen LogP contribution < -0.4 is 10.0 Å². The number of rotatable bonds is 9. The summed E-state index contributed by atoms with van der Waals surface area (Å²) in [4.78, 5) is 34.8. The Morgan fingerprint density at radius 1 is 1.18 bits per heavy atom. The SMILES string of the molecule is Cc1ccc(S(=O)(=O)NC(C(=O)OCC(=O)Nc2ccc([N+](=O)[O-])cc2C#N)C(C)C)cc1. The molecule has 0 saturated carbocycles. The number of ether oxygens (including phenoxy) is 1. The van der Waals surface area contributed by atoms with Crippen molar-refractivity contribution in [2.75, 3.05) is 11.9 Å². The van der Waals surface area contributed by atoms with Gasteiger partial charge in [0.2, 0.25) is 10.0 Å². The van der Waals surface area contributed by atoms with Crippen molar-refractivity contribution in [3.63, 3.8) is 0 Å². The van der Waals surface area contributed by atoms with E-state index in [1.165, 1.54) is 18.2 Å². The van der Waals surface area contributed by atoms with Crippen LogP contribution in [0.2, 0.25) is 0 Å². The first-order chi connectivity index (χ1) is 15.4. The zero-order valence-corrected chi connectivity index (χ0v) is 18.9. The largest absolute Gasteiger partial charge is 0.454 e. The molecule has 0 aliphatic carbocycles. The topological polar surface area (TPSA) is 168 Å². The smallest absolute Gasteiger partial charge is 0.324 e. The van der Waals surface area contributed by atoms with Crippen molar-refractivity contribution < 1.29 is 27.7 Å². The van der Waals surface area contributed by atoms with Crippen molar-refractivity contribution in [2.45, 2.75) is 31.7 Å². The highest BCUT2D eigenvalue weighted by Crippen LogP contribution is 2.21. The molecule has 0 heterocycles. The second kappa shape index (κ2) is 10.7. The number of hydrogen-bond acceptors (Lipinski definition) is 8. The van der Waals surface area contributed by atoms with Crippen molar-refractivity contribution in [3.05, 3.63) is 63.7 Å². The van der Waals surface area contributed by atoms with E-state index in [0.717, 1.165) is 17.7 Å². The molecule has 2 rings (SSSR count). The van der Waals surface area contributed by atoms with Gasteiger partial charge in [-0.1, -0.05) is 31.5 Å². The molecule has 1 unspecified atom stereocenters. The van der Waals surface area contributed by atoms with Crippen LogP contribution in [0, 0.1) is 34.3 Å². The van der Waals surface area contributed by atoms with E-state index in [0.29, 0.717) is 0 Å². The van der Waals surface area contributed by atoms with Crippen LogP contribution in [0.1, 0.15) is 25.0 Å². The van der Waals surface area contributed by atoms with Crippen molar-refractivity contribution >= 4 is 33.3 Å². The van der Waals surface area contributed by atoms with Crippen molar-refractivity contribution in [1.29, 1.82) is 5.26 Å². The van der Waals surface area contributed by atoms with E-state index in [4.69, 9.17) is 10.00 Å². The minimum atomic E-state index is -4.02. The number of carbonyl (C=O) groups excluding carboxylic acids is 2. The first-order valence-corrected chi connectivity index (χ1v) is 11.2. The van der Waals surface area contributed by atoms with Crippen LogP contribution in [-0.4, -0.2) is 37.9 Å². The summed E-state index contributed by atoms with van der Waals surface area (Å²) in [7, 11) is -4.02. The van der Waals surface area contributed by atoms with Crippen LogP contribution >= 0.6 is 0 Å². The standard InChI is InChI=1S/C21H22N4O7S/c1-13(2)20(24-33(30,31)17-7-4-14(3)5-8-17)21(27)32-12-19(26)23-18-9-6-16(25(28)29)10-15(18)11-22/h4-10,13,20,24H,12H2,1-3H3,(H,23,26). The molecule has 2 N–H and O–H groups in total. The summed E-state index contributed by atoms with van der Waals surface area (Å²) in [6.07, 6.45) is 0. The second-order valence-corrected chi connectivity index (χ2v) is 9.12. The van der Waals surface area contributed by atoms with Gasteiger partial charge in [0.05, 0.1) is 21.1 Å². The Morgan fingerprint density at radius 3 is 2.36 bits per heavy atom. The maximum atomic E-state index is 12.6. The fourth-order valence-electron chi connectivity index (χ4n) is 2.67. The molecule has 1 atom stereocenters. The van der Waals surface area contributed by atoms with E-state index in [9.17, 15) is 28.1 Å². The third-order valence-electron chi connectivity index (χ3n) is 4.49. The van der Waals surface area contributed by atoms with E-state index >= 15 is 0 Å². The molecule has 0 radical (unpaired) electrons. The molecule has 0 bridgehead atoms. The molecule has 33 heavy (non-hydrogen) atoms. The third kappa shape index (κ3) is 6.83. The van der Waals surface area contributed by atoms with Gasteiger partial charge in [-0.3, -0.25) is 19.7 Å². The Hall–Kier alpha value is -3.82. The van der Waals surface area contributed by atoms with Gasteiger partial charge in [-0.2, -0.15) is 9.98 Å². The first kappa shape index (κ1) is 25.4. The summed E-state index contributed by atoms with van der Waals surface area (Å²) in [5.74, 6) is -2.25. The molecule has 0 fully saturated rings. The lowest BCUT2D eigenvalue weighted by Gasteiger charge is -2.20. The number of nitrogens with zero attached hydrogens (tertiary/aromatic N) is 2. The molecule has 0 spiro atoms. The van der Waals surface area contributed by atoms with Crippen LogP contribution in [-0.2, 0) is 24.3 Å². The number of carbonyl (C=O) groups is 2. The van der Waals surface area contributed by atoms with E-state index < -0.39 is 45.4 Å². The maximum absolute atomic E-state index is 12.6. The fraction of sp³-hybridized carbons (Fsp3) is 0.286. The molecule has 2 aromatic rings. The summed E-state index contributed by atoms with van der Waals surface area (Å²) in [6, 6.07) is 9.83. The van der Waals surface area contributed by atoms with Gasteiger partial charge in [0, 0.05) is 12.1 Å². The quantitative estimate of drug-likeness (QED) is 0.317. The first-order valence-electron chi connectivity index (χ1n) is 9.68. The van der Waals surface area contributed by atoms with Crippen molar-refractivity contribution in [1.82, 2.24) is 4.72 Å². The van der Waals surface area contributed by atoms with Crippen LogP contribution in [0.5, 0.6) is 0 Å². The molecule has 1 amide bonds. The van der Waals surface area contributed by atoms with Gasteiger partial charge in [-0.05, 0) is 31.0 Å². The predicted molar refractivity (Wildman–Crippen MR) is 118 cm³/mol. The van der Waals surface area contributed by atoms with Gasteiger partial charge in [-0.15, -0.1) is 0 Å². The number of amides is 1. The lowest BCUT2D eigenvalue weighted by Crippen LogP contribution is -2.45. The summed E-state index contributed by atoms with van der Waals surface area (Å²) in [6.45, 7) is 4.27. The molecule has 0 aliphatic rings. The third-order valence-corrected chi connectivity index (χ3v) is 5.95. The number of esters is 1. The number of hydrogen-bond donors (Lipinski definition) is 2. The van der Waals surface area contributed by atoms with Crippen molar-refractivity contribution in [3.8, 4) is 6.07 Å². The predicted octanol–water partition coefficient (Wildman–Crippen LogP) is 2.26. The highest BCUT2D eigenvalue weighted by molar-refractivity contribution is 7.89. The van der Waals surface area contributed by atoms with Gasteiger partial charge < -0.3 is 10.1 Å². The summed E-state index contributed by atoms with van der Waals surface area (Å²) in [5.41, 5.74) is 0.406. The number of benzene rings is 2. The number of nitro groups is 1. The van der Waals surface area contributed by atoms with E-state index in [2.05, 4.69) is 10.0 Å². The van der Waals surface area contributed by atoms with Crippen LogP contribution in [0.4, 0.5) is 11.4 Å². The van der Waals surface area contributed by atoms with Gasteiger partial charge in [0.25, 0.3) is 11.6 Å². The highest BCUT2D eigenvalue weighted by Gasteiger charge is 2.30. The van der Waals surface area contributed by atoms with E-state index in [1.807, 2.05) is 0 Å². The summed E-state index contributed by atoms with van der Waals surface area (Å²) in [5, 5.41) is 22.3. The van der Waals surface area contributed by atoms with E-state index in [1.54, 1.807) is 39.0 Å². The Bertz CT molecular complexity index is 1200.